The van der Waals surface area contributed by atoms with E-state index >= 15 is 0 Å². The van der Waals surface area contributed by atoms with Gasteiger partial charge in [0.25, 0.3) is 0 Å². The number of rotatable bonds is 5. The van der Waals surface area contributed by atoms with Gasteiger partial charge in [0.15, 0.2) is 0 Å². The highest BCUT2D eigenvalue weighted by molar-refractivity contribution is 5.93. The third-order valence-electron chi connectivity index (χ3n) is 2.72. The fourth-order valence-corrected chi connectivity index (χ4v) is 1.75. The molecule has 1 heterocycles. The summed E-state index contributed by atoms with van der Waals surface area (Å²) in [4.78, 5) is 11.7. The van der Waals surface area contributed by atoms with Crippen LogP contribution in [-0.4, -0.2) is 12.6 Å². The number of hydrogen-bond donors (Lipinski definition) is 1. The lowest BCUT2D eigenvalue weighted by atomic mass is 10.2. The Kier molecular flexibility index (Phi) is 3.87. The number of hydrogen-bond acceptors (Lipinski definition) is 4. The molecule has 0 bridgehead atoms. The molecule has 0 aliphatic carbocycles. The van der Waals surface area contributed by atoms with E-state index in [1.54, 1.807) is 24.3 Å². The van der Waals surface area contributed by atoms with Crippen LogP contribution in [-0.2, 0) is 4.74 Å². The van der Waals surface area contributed by atoms with E-state index in [0.29, 0.717) is 17.9 Å². The first-order valence-corrected chi connectivity index (χ1v) is 6.17. The average molecular weight is 247 g/mol. The number of nitrogen functional groups attached to an aromatic ring is 1. The van der Waals surface area contributed by atoms with Gasteiger partial charge in [0.05, 0.1) is 6.61 Å². The highest BCUT2D eigenvalue weighted by atomic mass is 16.5. The van der Waals surface area contributed by atoms with Crippen LogP contribution in [0.1, 0.15) is 36.7 Å². The smallest absolute Gasteiger partial charge is 0.374 e. The van der Waals surface area contributed by atoms with E-state index in [2.05, 4.69) is 6.92 Å². The van der Waals surface area contributed by atoms with E-state index in [4.69, 9.17) is 14.9 Å². The van der Waals surface area contributed by atoms with Crippen LogP contribution in [0.5, 0.6) is 0 Å². The second kappa shape index (κ2) is 5.58. The third kappa shape index (κ3) is 2.83. The maximum Gasteiger partial charge on any atom is 0.374 e. The van der Waals surface area contributed by atoms with Crippen molar-refractivity contribution < 1.29 is 13.9 Å². The molecule has 0 atom stereocenters. The summed E-state index contributed by atoms with van der Waals surface area (Å²) in [5, 5.41) is 0.815. The molecule has 96 valence electrons. The summed E-state index contributed by atoms with van der Waals surface area (Å²) < 4.78 is 10.5. The fraction of sp³-hybridized carbons (Fsp3) is 0.357. The molecule has 0 radical (unpaired) electrons. The SMILES string of the molecule is CCCCCOC(=O)c1cc2cc(N)ccc2o1. The predicted octanol–water partition coefficient (Wildman–Crippen LogP) is 3.36. The quantitative estimate of drug-likeness (QED) is 0.500. The van der Waals surface area contributed by atoms with Crippen molar-refractivity contribution in [2.45, 2.75) is 26.2 Å². The van der Waals surface area contributed by atoms with Crippen LogP contribution in [0, 0.1) is 0 Å². The molecule has 18 heavy (non-hydrogen) atoms. The molecule has 0 saturated heterocycles. The topological polar surface area (TPSA) is 65.5 Å². The van der Waals surface area contributed by atoms with E-state index < -0.39 is 5.97 Å². The number of fused-ring (bicyclic) bond motifs is 1. The minimum absolute atomic E-state index is 0.229. The first-order chi connectivity index (χ1) is 8.70. The fourth-order valence-electron chi connectivity index (χ4n) is 1.75. The zero-order valence-corrected chi connectivity index (χ0v) is 10.4. The lowest BCUT2D eigenvalue weighted by molar-refractivity contribution is 0.0464. The Balaban J connectivity index is 2.04. The van der Waals surface area contributed by atoms with Gasteiger partial charge in [-0.3, -0.25) is 0 Å². The van der Waals surface area contributed by atoms with Crippen molar-refractivity contribution in [2.75, 3.05) is 12.3 Å². The Morgan fingerprint density at radius 1 is 1.33 bits per heavy atom. The van der Waals surface area contributed by atoms with Crippen LogP contribution in [0.25, 0.3) is 11.0 Å². The molecule has 0 saturated carbocycles. The largest absolute Gasteiger partial charge is 0.460 e. The molecule has 1 aromatic heterocycles. The van der Waals surface area contributed by atoms with Gasteiger partial charge in [-0.25, -0.2) is 4.79 Å². The summed E-state index contributed by atoms with van der Waals surface area (Å²) >= 11 is 0. The molecule has 1 aromatic carbocycles. The van der Waals surface area contributed by atoms with Crippen LogP contribution >= 0.6 is 0 Å². The minimum Gasteiger partial charge on any atom is -0.460 e. The molecule has 2 N–H and O–H groups in total. The summed E-state index contributed by atoms with van der Waals surface area (Å²) in [7, 11) is 0. The second-order valence-corrected chi connectivity index (χ2v) is 4.25. The standard InChI is InChI=1S/C14H17NO3/c1-2-3-4-7-17-14(16)13-9-10-8-11(15)5-6-12(10)18-13/h5-6,8-9H,2-4,7,15H2,1H3. The van der Waals surface area contributed by atoms with Gasteiger partial charge in [-0.15, -0.1) is 0 Å². The number of esters is 1. The lowest BCUT2D eigenvalue weighted by Gasteiger charge is -2.00. The highest BCUT2D eigenvalue weighted by Crippen LogP contribution is 2.22. The van der Waals surface area contributed by atoms with Gasteiger partial charge in [0, 0.05) is 11.1 Å². The summed E-state index contributed by atoms with van der Waals surface area (Å²) in [6.07, 6.45) is 3.04. The first kappa shape index (κ1) is 12.5. The van der Waals surface area contributed by atoms with Gasteiger partial charge in [-0.2, -0.15) is 0 Å². The summed E-state index contributed by atoms with van der Waals surface area (Å²) in [5.74, 6) is -0.187. The van der Waals surface area contributed by atoms with Crippen molar-refractivity contribution in [3.8, 4) is 0 Å². The van der Waals surface area contributed by atoms with Crippen molar-refractivity contribution in [1.82, 2.24) is 0 Å². The maximum atomic E-state index is 11.7. The van der Waals surface area contributed by atoms with Crippen molar-refractivity contribution in [2.24, 2.45) is 0 Å². The van der Waals surface area contributed by atoms with E-state index in [0.717, 1.165) is 24.6 Å². The molecule has 4 nitrogen and oxygen atoms in total. The van der Waals surface area contributed by atoms with Gasteiger partial charge >= 0.3 is 5.97 Å². The number of nitrogens with two attached hydrogens (primary N) is 1. The Labute approximate surface area is 106 Å². The van der Waals surface area contributed by atoms with Gasteiger partial charge in [0.1, 0.15) is 5.58 Å². The molecular formula is C14H17NO3. The van der Waals surface area contributed by atoms with E-state index in [1.807, 2.05) is 0 Å². The first-order valence-electron chi connectivity index (χ1n) is 6.17. The zero-order chi connectivity index (χ0) is 13.0. The van der Waals surface area contributed by atoms with Crippen molar-refractivity contribution in [3.63, 3.8) is 0 Å². The molecule has 0 amide bonds. The van der Waals surface area contributed by atoms with E-state index in [-0.39, 0.29) is 5.76 Å². The summed E-state index contributed by atoms with van der Waals surface area (Å²) in [5.41, 5.74) is 6.95. The number of anilines is 1. The number of carbonyl (C=O) groups is 1. The molecule has 0 aliphatic heterocycles. The molecule has 4 heteroatoms. The number of unbranched alkanes of at least 4 members (excludes halogenated alkanes) is 2. The second-order valence-electron chi connectivity index (χ2n) is 4.25. The molecule has 2 aromatic rings. The normalized spacial score (nSPS) is 10.7. The Morgan fingerprint density at radius 2 is 2.17 bits per heavy atom. The van der Waals surface area contributed by atoms with Crippen molar-refractivity contribution >= 4 is 22.6 Å². The summed E-state index contributed by atoms with van der Waals surface area (Å²) in [6, 6.07) is 6.92. The van der Waals surface area contributed by atoms with Crippen LogP contribution in [0.3, 0.4) is 0 Å². The Morgan fingerprint density at radius 3 is 2.94 bits per heavy atom. The van der Waals surface area contributed by atoms with Gasteiger partial charge in [-0.05, 0) is 30.7 Å². The monoisotopic (exact) mass is 247 g/mol. The van der Waals surface area contributed by atoms with Crippen molar-refractivity contribution in [3.05, 3.63) is 30.0 Å². The molecule has 0 aliphatic rings. The molecule has 2 rings (SSSR count). The van der Waals surface area contributed by atoms with E-state index in [1.165, 1.54) is 0 Å². The predicted molar refractivity (Wildman–Crippen MR) is 70.4 cm³/mol. The molecule has 0 unspecified atom stereocenters. The zero-order valence-electron chi connectivity index (χ0n) is 10.4. The van der Waals surface area contributed by atoms with Gasteiger partial charge in [0.2, 0.25) is 5.76 Å². The van der Waals surface area contributed by atoms with Crippen LogP contribution in [0.15, 0.2) is 28.7 Å². The lowest BCUT2D eigenvalue weighted by Crippen LogP contribution is -2.04. The maximum absolute atomic E-state index is 11.7. The van der Waals surface area contributed by atoms with Crippen LogP contribution in [0.4, 0.5) is 5.69 Å². The van der Waals surface area contributed by atoms with E-state index in [9.17, 15) is 4.79 Å². The minimum atomic E-state index is -0.416. The third-order valence-corrected chi connectivity index (χ3v) is 2.72. The van der Waals surface area contributed by atoms with Gasteiger partial charge < -0.3 is 14.9 Å². The summed E-state index contributed by atoms with van der Waals surface area (Å²) in [6.45, 7) is 2.54. The Bertz CT molecular complexity index is 545. The number of furan rings is 1. The van der Waals surface area contributed by atoms with Crippen LogP contribution in [0.2, 0.25) is 0 Å². The highest BCUT2D eigenvalue weighted by Gasteiger charge is 2.13. The molecule has 0 spiro atoms. The Hall–Kier alpha value is -1.97. The van der Waals surface area contributed by atoms with Crippen molar-refractivity contribution in [1.29, 1.82) is 0 Å². The number of carbonyl (C=O) groups excluding carboxylic acids is 1. The van der Waals surface area contributed by atoms with Crippen LogP contribution < -0.4 is 5.73 Å². The molecule has 0 fully saturated rings. The average Bonchev–Trinajstić information content (AvgIpc) is 2.77. The van der Waals surface area contributed by atoms with Gasteiger partial charge in [-0.1, -0.05) is 19.8 Å². The number of benzene rings is 1. The molecular weight excluding hydrogens is 230 g/mol. The number of ether oxygens (including phenoxy) is 1.